The van der Waals surface area contributed by atoms with Crippen molar-refractivity contribution < 1.29 is 27.5 Å². The summed E-state index contributed by atoms with van der Waals surface area (Å²) in [7, 11) is 3.04. The summed E-state index contributed by atoms with van der Waals surface area (Å²) in [5, 5.41) is 10.3. The number of methoxy groups -OCH3 is 2. The summed E-state index contributed by atoms with van der Waals surface area (Å²) in [6.45, 7) is 0. The van der Waals surface area contributed by atoms with Crippen LogP contribution in [0, 0.1) is 11.6 Å². The molecule has 0 saturated carbocycles. The van der Waals surface area contributed by atoms with Crippen molar-refractivity contribution in [3.05, 3.63) is 48.0 Å². The molecule has 0 fully saturated rings. The number of amides is 1. The van der Waals surface area contributed by atoms with Crippen molar-refractivity contribution in [2.45, 2.75) is 5.22 Å². The number of thioether (sulfide) groups is 1. The Labute approximate surface area is 163 Å². The van der Waals surface area contributed by atoms with E-state index in [9.17, 15) is 13.6 Å². The molecular formula is C18H15F2N3O4S. The number of carbonyl (C=O) groups is 1. The molecule has 1 heterocycles. The van der Waals surface area contributed by atoms with Crippen LogP contribution in [0.2, 0.25) is 0 Å². The number of nitrogens with one attached hydrogen (secondary N) is 1. The molecule has 10 heteroatoms. The Morgan fingerprint density at radius 3 is 2.68 bits per heavy atom. The maximum atomic E-state index is 13.6. The van der Waals surface area contributed by atoms with Crippen molar-refractivity contribution in [2.24, 2.45) is 0 Å². The number of anilines is 1. The van der Waals surface area contributed by atoms with Gasteiger partial charge in [-0.05, 0) is 24.3 Å². The lowest BCUT2D eigenvalue weighted by Crippen LogP contribution is -2.15. The van der Waals surface area contributed by atoms with Crippen molar-refractivity contribution in [3.8, 4) is 23.0 Å². The fourth-order valence-corrected chi connectivity index (χ4v) is 2.82. The maximum absolute atomic E-state index is 13.6. The van der Waals surface area contributed by atoms with Crippen molar-refractivity contribution in [1.82, 2.24) is 10.2 Å². The molecule has 1 aromatic heterocycles. The second kappa shape index (κ2) is 8.70. The quantitative estimate of drug-likeness (QED) is 0.597. The molecule has 0 radical (unpaired) electrons. The van der Waals surface area contributed by atoms with Gasteiger partial charge in [-0.25, -0.2) is 8.78 Å². The van der Waals surface area contributed by atoms with E-state index in [0.29, 0.717) is 23.1 Å². The first-order valence-electron chi connectivity index (χ1n) is 7.93. The number of aromatic nitrogens is 2. The van der Waals surface area contributed by atoms with Gasteiger partial charge in [0.15, 0.2) is 0 Å². The Morgan fingerprint density at radius 1 is 1.14 bits per heavy atom. The zero-order valence-corrected chi connectivity index (χ0v) is 15.7. The Bertz CT molecular complexity index is 997. The second-order valence-corrected chi connectivity index (χ2v) is 6.33. The van der Waals surface area contributed by atoms with E-state index in [4.69, 9.17) is 13.9 Å². The van der Waals surface area contributed by atoms with Gasteiger partial charge in [-0.2, -0.15) is 0 Å². The highest BCUT2D eigenvalue weighted by molar-refractivity contribution is 7.99. The lowest BCUT2D eigenvalue weighted by molar-refractivity contribution is -0.113. The molecule has 3 aromatic rings. The van der Waals surface area contributed by atoms with Crippen LogP contribution in [-0.4, -0.2) is 36.1 Å². The highest BCUT2D eigenvalue weighted by Gasteiger charge is 2.16. The number of halogens is 2. The minimum Gasteiger partial charge on any atom is -0.497 e. The highest BCUT2D eigenvalue weighted by atomic mass is 32.2. The molecular weight excluding hydrogens is 392 g/mol. The lowest BCUT2D eigenvalue weighted by atomic mass is 10.2. The summed E-state index contributed by atoms with van der Waals surface area (Å²) in [5.41, 5.74) is 0.460. The smallest absolute Gasteiger partial charge is 0.277 e. The average Bonchev–Trinajstić information content (AvgIpc) is 3.17. The number of hydrogen-bond acceptors (Lipinski definition) is 7. The minimum atomic E-state index is -0.856. The summed E-state index contributed by atoms with van der Waals surface area (Å²) in [5.74, 6) is -0.868. The van der Waals surface area contributed by atoms with Crippen LogP contribution in [-0.2, 0) is 4.79 Å². The lowest BCUT2D eigenvalue weighted by Gasteiger charge is -2.07. The molecule has 0 bridgehead atoms. The number of ether oxygens (including phenoxy) is 2. The van der Waals surface area contributed by atoms with E-state index in [1.54, 1.807) is 25.3 Å². The Morgan fingerprint density at radius 2 is 1.96 bits per heavy atom. The van der Waals surface area contributed by atoms with Gasteiger partial charge in [0.05, 0.1) is 31.2 Å². The minimum absolute atomic E-state index is 0.0990. The molecule has 7 nitrogen and oxygen atoms in total. The zero-order chi connectivity index (χ0) is 20.1. The first-order chi connectivity index (χ1) is 13.5. The van der Waals surface area contributed by atoms with Gasteiger partial charge in [-0.3, -0.25) is 4.79 Å². The van der Waals surface area contributed by atoms with Crippen LogP contribution in [0.5, 0.6) is 11.5 Å². The van der Waals surface area contributed by atoms with Crippen LogP contribution in [0.3, 0.4) is 0 Å². The van der Waals surface area contributed by atoms with Crippen molar-refractivity contribution >= 4 is 23.4 Å². The van der Waals surface area contributed by atoms with Crippen molar-refractivity contribution in [3.63, 3.8) is 0 Å². The molecule has 146 valence electrons. The number of rotatable bonds is 7. The van der Waals surface area contributed by atoms with Crippen LogP contribution in [0.1, 0.15) is 0 Å². The summed E-state index contributed by atoms with van der Waals surface area (Å²) >= 11 is 0.979. The van der Waals surface area contributed by atoms with Crippen LogP contribution in [0.4, 0.5) is 14.5 Å². The van der Waals surface area contributed by atoms with E-state index in [-0.39, 0.29) is 22.6 Å². The summed E-state index contributed by atoms with van der Waals surface area (Å²) in [6.07, 6.45) is 0. The number of carbonyl (C=O) groups excluding carboxylic acids is 1. The Hall–Kier alpha value is -3.14. The van der Waals surface area contributed by atoms with E-state index in [1.807, 2.05) is 0 Å². The Kier molecular flexibility index (Phi) is 6.09. The highest BCUT2D eigenvalue weighted by Crippen LogP contribution is 2.33. The molecule has 0 unspecified atom stereocenters. The first-order valence-corrected chi connectivity index (χ1v) is 8.92. The van der Waals surface area contributed by atoms with Crippen molar-refractivity contribution in [1.29, 1.82) is 0 Å². The van der Waals surface area contributed by atoms with E-state index >= 15 is 0 Å². The van der Waals surface area contributed by atoms with Crippen molar-refractivity contribution in [2.75, 3.05) is 25.3 Å². The molecule has 0 aliphatic carbocycles. The molecule has 2 aromatic carbocycles. The SMILES string of the molecule is COc1ccc(-c2nnc(SCC(=O)Nc3ccc(F)cc3F)o2)c(OC)c1. The first kappa shape index (κ1) is 19.6. The molecule has 28 heavy (non-hydrogen) atoms. The Balaban J connectivity index is 1.64. The summed E-state index contributed by atoms with van der Waals surface area (Å²) < 4.78 is 42.4. The molecule has 0 atom stereocenters. The predicted octanol–water partition coefficient (Wildman–Crippen LogP) is 3.76. The predicted molar refractivity (Wildman–Crippen MR) is 98.5 cm³/mol. The standard InChI is InChI=1S/C18H15F2N3O4S/c1-25-11-4-5-12(15(8-11)26-2)17-22-23-18(27-17)28-9-16(24)21-14-6-3-10(19)7-13(14)20/h3-8H,9H2,1-2H3,(H,21,24). The normalized spacial score (nSPS) is 10.6. The van der Waals surface area contributed by atoms with Gasteiger partial charge in [0.25, 0.3) is 11.1 Å². The van der Waals surface area contributed by atoms with Gasteiger partial charge in [0, 0.05) is 12.1 Å². The van der Waals surface area contributed by atoms with Gasteiger partial charge in [0.2, 0.25) is 5.91 Å². The van der Waals surface area contributed by atoms with Crippen LogP contribution >= 0.6 is 11.8 Å². The maximum Gasteiger partial charge on any atom is 0.277 e. The van der Waals surface area contributed by atoms with Crippen LogP contribution in [0.15, 0.2) is 46.0 Å². The monoisotopic (exact) mass is 407 g/mol. The fourth-order valence-electron chi connectivity index (χ4n) is 2.26. The van der Waals surface area contributed by atoms with Crippen LogP contribution < -0.4 is 14.8 Å². The molecule has 0 saturated heterocycles. The third-order valence-corrected chi connectivity index (χ3v) is 4.40. The largest absolute Gasteiger partial charge is 0.497 e. The molecule has 1 amide bonds. The number of hydrogen-bond donors (Lipinski definition) is 1. The average molecular weight is 407 g/mol. The van der Waals surface area contributed by atoms with Gasteiger partial charge >= 0.3 is 0 Å². The molecule has 0 aliphatic rings. The number of nitrogens with zero attached hydrogens (tertiary/aromatic N) is 2. The van der Waals surface area contributed by atoms with E-state index in [1.165, 1.54) is 7.11 Å². The molecule has 1 N–H and O–H groups in total. The summed E-state index contributed by atoms with van der Waals surface area (Å²) in [4.78, 5) is 12.0. The number of benzene rings is 2. The van der Waals surface area contributed by atoms with E-state index in [2.05, 4.69) is 15.5 Å². The van der Waals surface area contributed by atoms with E-state index in [0.717, 1.165) is 23.9 Å². The van der Waals surface area contributed by atoms with Gasteiger partial charge in [-0.15, -0.1) is 10.2 Å². The second-order valence-electron chi connectivity index (χ2n) is 5.40. The van der Waals surface area contributed by atoms with Gasteiger partial charge in [0.1, 0.15) is 23.1 Å². The fraction of sp³-hybridized carbons (Fsp3) is 0.167. The molecule has 0 spiro atoms. The van der Waals surface area contributed by atoms with Crippen LogP contribution in [0.25, 0.3) is 11.5 Å². The topological polar surface area (TPSA) is 86.5 Å². The third kappa shape index (κ3) is 4.58. The van der Waals surface area contributed by atoms with E-state index < -0.39 is 17.5 Å². The molecule has 0 aliphatic heterocycles. The third-order valence-electron chi connectivity index (χ3n) is 3.58. The van der Waals surface area contributed by atoms with Gasteiger partial charge < -0.3 is 19.2 Å². The summed E-state index contributed by atoms with van der Waals surface area (Å²) in [6, 6.07) is 8.00. The zero-order valence-electron chi connectivity index (χ0n) is 14.9. The molecule has 3 rings (SSSR count). The van der Waals surface area contributed by atoms with Gasteiger partial charge in [-0.1, -0.05) is 11.8 Å².